The number of hydrogen-bond acceptors (Lipinski definition) is 4. The quantitative estimate of drug-likeness (QED) is 0.611. The number of carbonyl (C=O) groups is 2. The predicted octanol–water partition coefficient (Wildman–Crippen LogP) is 1.88. The highest BCUT2D eigenvalue weighted by Crippen LogP contribution is 2.16. The minimum atomic E-state index is -1.13. The molecule has 146 valence electrons. The molecule has 1 aromatic heterocycles. The number of amides is 2. The van der Waals surface area contributed by atoms with Gasteiger partial charge in [-0.15, -0.1) is 0 Å². The van der Waals surface area contributed by atoms with Gasteiger partial charge in [0.2, 0.25) is 5.91 Å². The van der Waals surface area contributed by atoms with E-state index in [1.165, 1.54) is 6.92 Å². The van der Waals surface area contributed by atoms with Gasteiger partial charge in [0.1, 0.15) is 11.7 Å². The summed E-state index contributed by atoms with van der Waals surface area (Å²) in [5, 5.41) is 15.2. The minimum Gasteiger partial charge on any atom is -0.391 e. The van der Waals surface area contributed by atoms with Crippen molar-refractivity contribution >= 4 is 19.7 Å². The first-order valence-corrected chi connectivity index (χ1v) is 9.35. The van der Waals surface area contributed by atoms with E-state index in [1.807, 2.05) is 44.2 Å². The Bertz CT molecular complexity index is 796. The summed E-state index contributed by atoms with van der Waals surface area (Å²) >= 11 is 0. The minimum absolute atomic E-state index is 0.159. The molecule has 0 bridgehead atoms. The zero-order valence-corrected chi connectivity index (χ0v) is 16.4. The fourth-order valence-electron chi connectivity index (χ4n) is 2.79. The molecule has 0 fully saturated rings. The maximum Gasteiger partial charge on any atom is 0.270 e. The lowest BCUT2D eigenvalue weighted by Gasteiger charge is -2.24. The van der Waals surface area contributed by atoms with E-state index in [1.54, 1.807) is 18.2 Å². The van der Waals surface area contributed by atoms with Crippen molar-refractivity contribution in [2.75, 3.05) is 0 Å². The molecule has 2 radical (unpaired) electrons. The molecule has 6 nitrogen and oxygen atoms in total. The number of aromatic nitrogens is 1. The third-order valence-corrected chi connectivity index (χ3v) is 4.16. The monoisotopic (exact) mass is 379 g/mol. The summed E-state index contributed by atoms with van der Waals surface area (Å²) in [4.78, 5) is 29.4. The normalized spacial score (nSPS) is 14.2. The molecule has 0 aliphatic carbocycles. The van der Waals surface area contributed by atoms with E-state index in [0.717, 1.165) is 5.56 Å². The standard InChI is InChI=1S/C21H26BN3O3/c1-13(2)12-18(22)24-21(28)19(14(3)26)25-20(27)17-11-7-10-16(23-17)15-8-5-4-6-9-15/h4-11,13-14,18-19,26H,12H2,1-3H3,(H,24,28)(H,25,27)/t14-,18-,19+/m1/s1. The lowest BCUT2D eigenvalue weighted by molar-refractivity contribution is -0.125. The summed E-state index contributed by atoms with van der Waals surface area (Å²) < 4.78 is 0. The lowest BCUT2D eigenvalue weighted by Crippen LogP contribution is -2.54. The van der Waals surface area contributed by atoms with E-state index in [4.69, 9.17) is 7.85 Å². The van der Waals surface area contributed by atoms with E-state index in [-0.39, 0.29) is 5.69 Å². The molecule has 1 heterocycles. The highest BCUT2D eigenvalue weighted by atomic mass is 16.3. The number of rotatable bonds is 8. The average Bonchev–Trinajstić information content (AvgIpc) is 2.65. The molecule has 0 saturated heterocycles. The van der Waals surface area contributed by atoms with Gasteiger partial charge in [0.15, 0.2) is 0 Å². The molecule has 3 atom stereocenters. The summed E-state index contributed by atoms with van der Waals surface area (Å²) in [6.07, 6.45) is -0.500. The van der Waals surface area contributed by atoms with Gasteiger partial charge in [-0.1, -0.05) is 50.2 Å². The second-order valence-electron chi connectivity index (χ2n) is 7.21. The van der Waals surface area contributed by atoms with Crippen LogP contribution in [0.4, 0.5) is 0 Å². The molecule has 7 heteroatoms. The number of benzene rings is 1. The molecule has 3 N–H and O–H groups in total. The van der Waals surface area contributed by atoms with Crippen molar-refractivity contribution in [1.82, 2.24) is 15.6 Å². The van der Waals surface area contributed by atoms with Crippen molar-refractivity contribution in [3.05, 3.63) is 54.2 Å². The number of nitrogens with zero attached hydrogens (tertiary/aromatic N) is 1. The molecular formula is C21H26BN3O3. The Morgan fingerprint density at radius 1 is 1.04 bits per heavy atom. The van der Waals surface area contributed by atoms with Crippen LogP contribution in [0, 0.1) is 5.92 Å². The van der Waals surface area contributed by atoms with Crippen molar-refractivity contribution in [3.8, 4) is 11.3 Å². The number of pyridine rings is 1. The molecule has 0 aliphatic rings. The summed E-state index contributed by atoms with van der Waals surface area (Å²) in [7, 11) is 5.90. The van der Waals surface area contributed by atoms with Gasteiger partial charge in [0.25, 0.3) is 5.91 Å². The topological polar surface area (TPSA) is 91.3 Å². The van der Waals surface area contributed by atoms with Gasteiger partial charge in [-0.05, 0) is 37.3 Å². The molecule has 0 saturated carbocycles. The first-order chi connectivity index (χ1) is 13.3. The fraction of sp³-hybridized carbons (Fsp3) is 0.381. The Hall–Kier alpha value is -2.67. The van der Waals surface area contributed by atoms with Crippen LogP contribution < -0.4 is 10.6 Å². The summed E-state index contributed by atoms with van der Waals surface area (Å²) in [6.45, 7) is 5.42. The van der Waals surface area contributed by atoms with Gasteiger partial charge in [-0.2, -0.15) is 0 Å². The van der Waals surface area contributed by atoms with Gasteiger partial charge in [-0.25, -0.2) is 4.98 Å². The van der Waals surface area contributed by atoms with Crippen molar-refractivity contribution in [1.29, 1.82) is 0 Å². The first kappa shape index (κ1) is 21.6. The number of carbonyl (C=O) groups excluding carboxylic acids is 2. The highest BCUT2D eigenvalue weighted by Gasteiger charge is 2.27. The second kappa shape index (κ2) is 10.0. The van der Waals surface area contributed by atoms with Crippen molar-refractivity contribution in [2.45, 2.75) is 45.3 Å². The summed E-state index contributed by atoms with van der Waals surface area (Å²) in [5.41, 5.74) is 1.68. The fourth-order valence-corrected chi connectivity index (χ4v) is 2.79. The third kappa shape index (κ3) is 6.20. The number of nitrogens with one attached hydrogen (secondary N) is 2. The SMILES string of the molecule is [B][C@@H](CC(C)C)NC(=O)[C@@H](NC(=O)c1cccc(-c2ccccc2)n1)[C@@H](C)O. The van der Waals surface area contributed by atoms with Crippen LogP contribution in [0.2, 0.25) is 0 Å². The Balaban J connectivity index is 2.11. The molecule has 2 amide bonds. The van der Waals surface area contributed by atoms with E-state index in [9.17, 15) is 14.7 Å². The van der Waals surface area contributed by atoms with E-state index in [0.29, 0.717) is 18.0 Å². The van der Waals surface area contributed by atoms with Gasteiger partial charge in [0, 0.05) is 5.56 Å². The Morgan fingerprint density at radius 2 is 1.71 bits per heavy atom. The van der Waals surface area contributed by atoms with Crippen LogP contribution >= 0.6 is 0 Å². The zero-order chi connectivity index (χ0) is 20.7. The van der Waals surface area contributed by atoms with Gasteiger partial charge >= 0.3 is 0 Å². The maximum absolute atomic E-state index is 12.6. The van der Waals surface area contributed by atoms with Crippen LogP contribution in [-0.2, 0) is 4.79 Å². The van der Waals surface area contributed by atoms with Crippen LogP contribution in [0.15, 0.2) is 48.5 Å². The van der Waals surface area contributed by atoms with E-state index >= 15 is 0 Å². The van der Waals surface area contributed by atoms with Crippen LogP contribution in [-0.4, -0.2) is 47.8 Å². The largest absolute Gasteiger partial charge is 0.391 e. The highest BCUT2D eigenvalue weighted by molar-refractivity contribution is 6.13. The number of aliphatic hydroxyl groups excluding tert-OH is 1. The van der Waals surface area contributed by atoms with E-state index in [2.05, 4.69) is 15.6 Å². The zero-order valence-electron chi connectivity index (χ0n) is 16.4. The van der Waals surface area contributed by atoms with Crippen LogP contribution in [0.5, 0.6) is 0 Å². The van der Waals surface area contributed by atoms with E-state index < -0.39 is 29.9 Å². The summed E-state index contributed by atoms with van der Waals surface area (Å²) in [6, 6.07) is 13.4. The van der Waals surface area contributed by atoms with Crippen molar-refractivity contribution in [3.63, 3.8) is 0 Å². The molecule has 0 spiro atoms. The summed E-state index contributed by atoms with van der Waals surface area (Å²) in [5.74, 6) is -1.32. The maximum atomic E-state index is 12.6. The first-order valence-electron chi connectivity index (χ1n) is 9.35. The second-order valence-corrected chi connectivity index (χ2v) is 7.21. The lowest BCUT2D eigenvalue weighted by atomic mass is 9.88. The predicted molar refractivity (Wildman–Crippen MR) is 110 cm³/mol. The van der Waals surface area contributed by atoms with Crippen molar-refractivity contribution in [2.24, 2.45) is 5.92 Å². The van der Waals surface area contributed by atoms with Gasteiger partial charge in [0.05, 0.1) is 19.6 Å². The Morgan fingerprint density at radius 3 is 2.32 bits per heavy atom. The van der Waals surface area contributed by atoms with Gasteiger partial charge in [-0.3, -0.25) is 9.59 Å². The van der Waals surface area contributed by atoms with Gasteiger partial charge < -0.3 is 15.7 Å². The molecule has 2 aromatic rings. The Kier molecular flexibility index (Phi) is 7.75. The average molecular weight is 379 g/mol. The van der Waals surface area contributed by atoms with Crippen molar-refractivity contribution < 1.29 is 14.7 Å². The molecule has 0 unspecified atom stereocenters. The van der Waals surface area contributed by atoms with Crippen LogP contribution in [0.3, 0.4) is 0 Å². The number of aliphatic hydroxyl groups is 1. The molecular weight excluding hydrogens is 353 g/mol. The molecule has 0 aliphatic heterocycles. The van der Waals surface area contributed by atoms with Crippen LogP contribution in [0.25, 0.3) is 11.3 Å². The molecule has 2 rings (SSSR count). The Labute approximate surface area is 167 Å². The van der Waals surface area contributed by atoms with Crippen LogP contribution in [0.1, 0.15) is 37.7 Å². The molecule has 1 aromatic carbocycles. The third-order valence-electron chi connectivity index (χ3n) is 4.16. The molecule has 28 heavy (non-hydrogen) atoms. The smallest absolute Gasteiger partial charge is 0.270 e. The number of hydrogen-bond donors (Lipinski definition) is 3.